The van der Waals surface area contributed by atoms with Gasteiger partial charge in [0.05, 0.1) is 57.7 Å². The zero-order valence-corrected chi connectivity index (χ0v) is 42.1. The first-order valence-corrected chi connectivity index (χ1v) is 26.2. The Hall–Kier alpha value is -6.75. The molecule has 1 unspecified atom stereocenters. The van der Waals surface area contributed by atoms with Crippen LogP contribution in [0.15, 0.2) is 96.2 Å². The normalized spacial score (nSPS) is 18.4. The van der Waals surface area contributed by atoms with Gasteiger partial charge in [-0.15, -0.1) is 11.8 Å². The molecule has 3 aromatic carbocycles. The van der Waals surface area contributed by atoms with Gasteiger partial charge in [-0.25, -0.2) is 14.6 Å². The number of ether oxygens (including phenoxy) is 5. The van der Waals surface area contributed by atoms with Gasteiger partial charge in [0.15, 0.2) is 5.65 Å². The first kappa shape index (κ1) is 52.1. The van der Waals surface area contributed by atoms with E-state index in [1.807, 2.05) is 87.3 Å². The first-order chi connectivity index (χ1) is 36.2. The van der Waals surface area contributed by atoms with Gasteiger partial charge in [0.2, 0.25) is 23.6 Å². The van der Waals surface area contributed by atoms with E-state index in [0.717, 1.165) is 34.6 Å². The molecule has 3 saturated heterocycles. The van der Waals surface area contributed by atoms with Crippen LogP contribution >= 0.6 is 11.8 Å². The molecule has 0 aliphatic carbocycles. The van der Waals surface area contributed by atoms with Crippen molar-refractivity contribution in [3.05, 3.63) is 102 Å². The Balaban J connectivity index is 0.605. The summed E-state index contributed by atoms with van der Waals surface area (Å²) in [7, 11) is 0. The number of carbonyl (C=O) groups is 5. The molecule has 74 heavy (non-hydrogen) atoms. The number of fused-ring (bicyclic) bond motifs is 2. The number of anilines is 1. The van der Waals surface area contributed by atoms with Gasteiger partial charge < -0.3 is 44.1 Å². The number of rotatable bonds is 23. The summed E-state index contributed by atoms with van der Waals surface area (Å²) in [5.74, 6) is 1.45. The molecule has 21 heteroatoms. The number of para-hydroxylation sites is 1. The Labute approximate surface area is 433 Å². The third-order valence-corrected chi connectivity index (χ3v) is 14.5. The van der Waals surface area contributed by atoms with Crippen molar-refractivity contribution in [3.63, 3.8) is 0 Å². The fourth-order valence-corrected chi connectivity index (χ4v) is 10.5. The molecule has 390 valence electrons. The van der Waals surface area contributed by atoms with Gasteiger partial charge in [-0.3, -0.25) is 34.2 Å². The lowest BCUT2D eigenvalue weighted by Gasteiger charge is -2.34. The standard InChI is InChI=1S/C53H62N10O10S/c54-50-48-49(37-13-15-40(16-14-37)73-39-8-2-1-3-9-39)58-63(51(48)56-36-55-50)38-7-5-20-61(33-38)46(65)12-6-19-59-21-23-60(24-22-59)47(66)35-72-30-29-70-26-25-69-27-28-71-31-32-74-44-11-4-10-41-42(44)34-62(53(41)68)43-17-18-45(64)57-52(43)67/h1-4,6,8-16,36,38,43H,5,7,17-35H2,(H2,54,55,56)(H,57,64,67)/b12-6+/t38-,43?/m1/s1. The van der Waals surface area contributed by atoms with Crippen LogP contribution in [-0.2, 0) is 44.7 Å². The number of hydrogen-bond donors (Lipinski definition) is 2. The highest BCUT2D eigenvalue weighted by Gasteiger charge is 2.40. The second-order valence-electron chi connectivity index (χ2n) is 18.3. The number of piperazine rings is 1. The third-order valence-electron chi connectivity index (χ3n) is 13.4. The SMILES string of the molecule is Nc1ncnc2c1c(-c1ccc(Oc3ccccc3)cc1)nn2[C@@H]1CCCN(C(=O)/C=C/CN2CCN(C(=O)COCCOCCOCCOCCSc3cccc4c3CN(C3CCC(=O)NC3=O)C4=O)CC2)C1. The molecule has 0 spiro atoms. The van der Waals surface area contributed by atoms with Gasteiger partial charge in [0.25, 0.3) is 5.91 Å². The van der Waals surface area contributed by atoms with Crippen molar-refractivity contribution in [2.24, 2.45) is 0 Å². The maximum Gasteiger partial charge on any atom is 0.255 e. The summed E-state index contributed by atoms with van der Waals surface area (Å²) >= 11 is 1.60. The van der Waals surface area contributed by atoms with Gasteiger partial charge in [-0.1, -0.05) is 30.3 Å². The summed E-state index contributed by atoms with van der Waals surface area (Å²) in [6.45, 7) is 7.38. The Kier molecular flexibility index (Phi) is 17.9. The number of imide groups is 1. The summed E-state index contributed by atoms with van der Waals surface area (Å²) in [6.07, 6.45) is 7.20. The lowest BCUT2D eigenvalue weighted by atomic mass is 10.0. The lowest BCUT2D eigenvalue weighted by Crippen LogP contribution is -2.52. The molecular formula is C53H62N10O10S. The molecule has 9 rings (SSSR count). The minimum Gasteiger partial charge on any atom is -0.457 e. The fourth-order valence-electron chi connectivity index (χ4n) is 9.51. The number of nitrogens with one attached hydrogen (secondary N) is 1. The fraction of sp³-hybridized carbons (Fsp3) is 0.434. The number of aromatic nitrogens is 4. The number of benzene rings is 3. The molecule has 0 saturated carbocycles. The van der Waals surface area contributed by atoms with Crippen LogP contribution in [0.4, 0.5) is 5.82 Å². The molecule has 0 radical (unpaired) electrons. The van der Waals surface area contributed by atoms with E-state index in [2.05, 4.69) is 20.2 Å². The summed E-state index contributed by atoms with van der Waals surface area (Å²) in [6, 6.07) is 22.1. The van der Waals surface area contributed by atoms with Crippen LogP contribution in [-0.4, -0.2) is 179 Å². The quantitative estimate of drug-likeness (QED) is 0.0401. The minimum atomic E-state index is -0.640. The maximum absolute atomic E-state index is 13.5. The van der Waals surface area contributed by atoms with E-state index in [-0.39, 0.29) is 42.7 Å². The van der Waals surface area contributed by atoms with Gasteiger partial charge >= 0.3 is 0 Å². The molecular weight excluding hydrogens is 969 g/mol. The van der Waals surface area contributed by atoms with Crippen molar-refractivity contribution in [1.82, 2.24) is 44.7 Å². The number of likely N-dealkylation sites (tertiary alicyclic amines) is 1. The minimum absolute atomic E-state index is 0.0138. The summed E-state index contributed by atoms with van der Waals surface area (Å²) in [5, 5.41) is 8.05. The Morgan fingerprint density at radius 2 is 1.51 bits per heavy atom. The molecule has 5 aromatic rings. The largest absolute Gasteiger partial charge is 0.457 e. The van der Waals surface area contributed by atoms with E-state index in [1.54, 1.807) is 28.8 Å². The summed E-state index contributed by atoms with van der Waals surface area (Å²) in [5.41, 5.74) is 10.1. The van der Waals surface area contributed by atoms with Crippen LogP contribution in [0.25, 0.3) is 22.3 Å². The van der Waals surface area contributed by atoms with Crippen LogP contribution in [0.3, 0.4) is 0 Å². The number of nitrogen functional groups attached to an aromatic ring is 1. The number of carbonyl (C=O) groups excluding carboxylic acids is 5. The molecule has 4 aliphatic rings. The highest BCUT2D eigenvalue weighted by Crippen LogP contribution is 2.36. The number of nitrogens with two attached hydrogens (primary N) is 1. The highest BCUT2D eigenvalue weighted by molar-refractivity contribution is 7.99. The molecule has 3 N–H and O–H groups in total. The predicted octanol–water partition coefficient (Wildman–Crippen LogP) is 4.35. The molecule has 0 bridgehead atoms. The van der Waals surface area contributed by atoms with E-state index in [4.69, 9.17) is 34.5 Å². The van der Waals surface area contributed by atoms with Crippen molar-refractivity contribution in [3.8, 4) is 22.8 Å². The van der Waals surface area contributed by atoms with Crippen LogP contribution in [0.1, 0.15) is 47.6 Å². The predicted molar refractivity (Wildman–Crippen MR) is 275 cm³/mol. The average Bonchev–Trinajstić information content (AvgIpc) is 3.98. The Morgan fingerprint density at radius 1 is 0.784 bits per heavy atom. The van der Waals surface area contributed by atoms with Crippen molar-refractivity contribution in [2.75, 3.05) is 110 Å². The van der Waals surface area contributed by atoms with Gasteiger partial charge in [-0.2, -0.15) is 5.10 Å². The van der Waals surface area contributed by atoms with Crippen LogP contribution < -0.4 is 15.8 Å². The first-order valence-electron chi connectivity index (χ1n) is 25.2. The molecule has 4 aliphatic heterocycles. The Morgan fingerprint density at radius 3 is 2.27 bits per heavy atom. The number of amides is 5. The monoisotopic (exact) mass is 1030 g/mol. The van der Waals surface area contributed by atoms with Crippen LogP contribution in [0.5, 0.6) is 11.5 Å². The zero-order chi connectivity index (χ0) is 51.2. The van der Waals surface area contributed by atoms with Gasteiger partial charge in [0, 0.05) is 86.6 Å². The zero-order valence-electron chi connectivity index (χ0n) is 41.3. The third kappa shape index (κ3) is 13.1. The molecule has 2 aromatic heterocycles. The summed E-state index contributed by atoms with van der Waals surface area (Å²) < 4.78 is 30.4. The topological polar surface area (TPSA) is 226 Å². The molecule has 6 heterocycles. The number of thioether (sulfide) groups is 1. The molecule has 5 amide bonds. The second kappa shape index (κ2) is 25.5. The van der Waals surface area contributed by atoms with Crippen molar-refractivity contribution < 1.29 is 47.7 Å². The highest BCUT2D eigenvalue weighted by atomic mass is 32.2. The van der Waals surface area contributed by atoms with Crippen molar-refractivity contribution in [1.29, 1.82) is 0 Å². The van der Waals surface area contributed by atoms with E-state index in [9.17, 15) is 24.0 Å². The van der Waals surface area contributed by atoms with E-state index < -0.39 is 11.9 Å². The second-order valence-corrected chi connectivity index (χ2v) is 19.4. The number of hydrogen-bond acceptors (Lipinski definition) is 16. The Bertz CT molecular complexity index is 2790. The van der Waals surface area contributed by atoms with Crippen molar-refractivity contribution >= 4 is 58.1 Å². The summed E-state index contributed by atoms with van der Waals surface area (Å²) in [4.78, 5) is 80.7. The van der Waals surface area contributed by atoms with Gasteiger partial charge in [-0.05, 0) is 73.4 Å². The molecule has 2 atom stereocenters. The molecule has 3 fully saturated rings. The van der Waals surface area contributed by atoms with Crippen LogP contribution in [0.2, 0.25) is 0 Å². The van der Waals surface area contributed by atoms with Crippen molar-refractivity contribution in [2.45, 2.75) is 49.2 Å². The van der Waals surface area contributed by atoms with Crippen LogP contribution in [0, 0.1) is 0 Å². The van der Waals surface area contributed by atoms with E-state index in [1.165, 1.54) is 6.33 Å². The van der Waals surface area contributed by atoms with E-state index >= 15 is 0 Å². The van der Waals surface area contributed by atoms with E-state index in [0.29, 0.717) is 145 Å². The smallest absolute Gasteiger partial charge is 0.255 e. The molecule has 20 nitrogen and oxygen atoms in total. The maximum atomic E-state index is 13.5. The number of piperidine rings is 2. The average molecular weight is 1030 g/mol. The lowest BCUT2D eigenvalue weighted by molar-refractivity contribution is -0.138. The number of nitrogens with zero attached hydrogens (tertiary/aromatic N) is 8. The van der Waals surface area contributed by atoms with Gasteiger partial charge in [0.1, 0.15) is 42.0 Å².